The molecule has 1 unspecified atom stereocenters. The Hall–Kier alpha value is -3.48. The molecular weight excluding hydrogens is 440 g/mol. The van der Waals surface area contributed by atoms with Gasteiger partial charge in [-0.2, -0.15) is 0 Å². The number of hydrogen-bond donors (Lipinski definition) is 2. The van der Waals surface area contributed by atoms with Gasteiger partial charge < -0.3 is 15.5 Å². The van der Waals surface area contributed by atoms with E-state index in [0.717, 1.165) is 28.1 Å². The van der Waals surface area contributed by atoms with E-state index in [1.807, 2.05) is 66.7 Å². The van der Waals surface area contributed by atoms with Crippen LogP contribution in [0.5, 0.6) is 0 Å². The van der Waals surface area contributed by atoms with Crippen molar-refractivity contribution < 1.29 is 4.79 Å². The highest BCUT2D eigenvalue weighted by atomic mass is 35.5. The van der Waals surface area contributed by atoms with E-state index in [-0.39, 0.29) is 5.91 Å². The van der Waals surface area contributed by atoms with E-state index in [4.69, 9.17) is 28.8 Å². The Bertz CT molecular complexity index is 1210. The molecule has 3 aromatic carbocycles. The molecule has 0 saturated carbocycles. The molecule has 0 saturated heterocycles. The molecule has 32 heavy (non-hydrogen) atoms. The summed E-state index contributed by atoms with van der Waals surface area (Å²) >= 11 is 11.8. The number of carbonyl (C=O) groups is 1. The molecule has 4 rings (SSSR count). The Balaban J connectivity index is 1.68. The minimum Gasteiger partial charge on any atom is -0.333 e. The Labute approximate surface area is 197 Å². The quantitative estimate of drug-likeness (QED) is 0.531. The van der Waals surface area contributed by atoms with Crippen LogP contribution in [0.15, 0.2) is 84.4 Å². The molecule has 160 valence electrons. The summed E-state index contributed by atoms with van der Waals surface area (Å²) < 4.78 is 0. The van der Waals surface area contributed by atoms with Crippen molar-refractivity contribution in [3.05, 3.63) is 101 Å². The van der Waals surface area contributed by atoms with Gasteiger partial charge in [-0.05, 0) is 48.1 Å². The lowest BCUT2D eigenvalue weighted by Gasteiger charge is -2.22. The van der Waals surface area contributed by atoms with Gasteiger partial charge in [0.05, 0.1) is 11.4 Å². The third-order valence-electron chi connectivity index (χ3n) is 5.12. The molecule has 0 aliphatic carbocycles. The van der Waals surface area contributed by atoms with Crippen molar-refractivity contribution in [1.82, 2.24) is 5.32 Å². The number of thiocarbonyl (C=S) groups is 1. The average Bonchev–Trinajstić information content (AvgIpc) is 2.90. The van der Waals surface area contributed by atoms with Crippen molar-refractivity contribution in [2.45, 2.75) is 6.17 Å². The van der Waals surface area contributed by atoms with Crippen molar-refractivity contribution in [3.8, 4) is 0 Å². The maximum atomic E-state index is 13.3. The molecule has 1 heterocycles. The molecule has 0 aromatic heterocycles. The van der Waals surface area contributed by atoms with Crippen LogP contribution in [0.4, 0.5) is 11.4 Å². The second kappa shape index (κ2) is 9.34. The van der Waals surface area contributed by atoms with E-state index < -0.39 is 6.17 Å². The highest BCUT2D eigenvalue weighted by Gasteiger charge is 2.30. The van der Waals surface area contributed by atoms with Gasteiger partial charge in [0.25, 0.3) is 5.91 Å². The van der Waals surface area contributed by atoms with Crippen LogP contribution in [0, 0.1) is 0 Å². The van der Waals surface area contributed by atoms with Crippen molar-refractivity contribution in [1.29, 1.82) is 0 Å². The van der Waals surface area contributed by atoms with Crippen LogP contribution >= 0.6 is 23.8 Å². The smallest absolute Gasteiger partial charge is 0.272 e. The number of benzene rings is 3. The molecule has 7 heteroatoms. The van der Waals surface area contributed by atoms with Gasteiger partial charge in [-0.25, -0.2) is 4.99 Å². The monoisotopic (exact) mass is 460 g/mol. The molecule has 1 amide bonds. The summed E-state index contributed by atoms with van der Waals surface area (Å²) in [6, 6.07) is 22.8. The molecule has 5 nitrogen and oxygen atoms in total. The van der Waals surface area contributed by atoms with Gasteiger partial charge in [-0.15, -0.1) is 0 Å². The van der Waals surface area contributed by atoms with Crippen LogP contribution in [-0.4, -0.2) is 29.9 Å². The molecule has 0 bridgehead atoms. The first-order valence-electron chi connectivity index (χ1n) is 9.97. The molecule has 3 aromatic rings. The van der Waals surface area contributed by atoms with E-state index in [2.05, 4.69) is 17.2 Å². The second-order valence-corrected chi connectivity index (χ2v) is 8.07. The fourth-order valence-corrected chi connectivity index (χ4v) is 3.86. The number of carbonyl (C=O) groups excluding carboxylic acids is 1. The maximum Gasteiger partial charge on any atom is 0.272 e. The molecule has 1 aliphatic rings. The fourth-order valence-electron chi connectivity index (χ4n) is 3.46. The molecular formula is C25H21ClN4OS. The van der Waals surface area contributed by atoms with Crippen LogP contribution in [0.2, 0.25) is 5.02 Å². The Morgan fingerprint density at radius 2 is 1.84 bits per heavy atom. The van der Waals surface area contributed by atoms with Gasteiger partial charge in [0.2, 0.25) is 6.17 Å². The van der Waals surface area contributed by atoms with Crippen LogP contribution in [0.1, 0.15) is 16.7 Å². The third kappa shape index (κ3) is 4.56. The Morgan fingerprint density at radius 3 is 2.53 bits per heavy atom. The van der Waals surface area contributed by atoms with Crippen LogP contribution < -0.4 is 15.5 Å². The van der Waals surface area contributed by atoms with E-state index in [1.165, 1.54) is 0 Å². The van der Waals surface area contributed by atoms with E-state index in [9.17, 15) is 4.79 Å². The topological polar surface area (TPSA) is 56.7 Å². The zero-order valence-electron chi connectivity index (χ0n) is 17.4. The molecule has 0 radical (unpaired) electrons. The first-order chi connectivity index (χ1) is 15.5. The number of benzodiazepines with no additional fused rings is 1. The van der Waals surface area contributed by atoms with E-state index >= 15 is 0 Å². The number of hydrogen-bond acceptors (Lipinski definition) is 3. The van der Waals surface area contributed by atoms with Gasteiger partial charge >= 0.3 is 0 Å². The van der Waals surface area contributed by atoms with Crippen molar-refractivity contribution in [3.63, 3.8) is 0 Å². The van der Waals surface area contributed by atoms with Crippen molar-refractivity contribution in [2.24, 2.45) is 4.99 Å². The van der Waals surface area contributed by atoms with Gasteiger partial charge in [0.1, 0.15) is 0 Å². The summed E-state index contributed by atoms with van der Waals surface area (Å²) in [5, 5.41) is 7.02. The highest BCUT2D eigenvalue weighted by Crippen LogP contribution is 2.29. The summed E-state index contributed by atoms with van der Waals surface area (Å²) in [5.41, 5.74) is 4.85. The van der Waals surface area contributed by atoms with E-state index in [0.29, 0.717) is 15.8 Å². The molecule has 0 fully saturated rings. The normalized spacial score (nSPS) is 15.3. The molecule has 0 spiro atoms. The number of halogens is 1. The number of anilines is 2. The first-order valence-corrected chi connectivity index (χ1v) is 10.8. The minimum absolute atomic E-state index is 0.231. The third-order valence-corrected chi connectivity index (χ3v) is 5.57. The Morgan fingerprint density at radius 1 is 1.12 bits per heavy atom. The second-order valence-electron chi connectivity index (χ2n) is 7.23. The number of rotatable bonds is 4. The maximum absolute atomic E-state index is 13.3. The van der Waals surface area contributed by atoms with Crippen LogP contribution in [-0.2, 0) is 4.79 Å². The number of fused-ring (bicyclic) bond motifs is 1. The predicted molar refractivity (Wildman–Crippen MR) is 137 cm³/mol. The number of amides is 1. The standard InChI is InChI=1S/C25H21ClN4OS/c1-3-16-9-12-19(13-10-16)27-25(32)29-23-24(31)30(2)21-14-11-18(26)15-20(21)22(28-23)17-7-5-4-6-8-17/h3-15,23H,1H2,2H3,(H2,27,29,32). The van der Waals surface area contributed by atoms with Gasteiger partial charge in [-0.1, -0.05) is 66.7 Å². The number of nitrogens with one attached hydrogen (secondary N) is 2. The zero-order chi connectivity index (χ0) is 22.7. The van der Waals surface area contributed by atoms with Gasteiger partial charge in [0, 0.05) is 28.9 Å². The lowest BCUT2D eigenvalue weighted by atomic mass is 10.0. The average molecular weight is 461 g/mol. The molecule has 1 atom stereocenters. The minimum atomic E-state index is -0.908. The SMILES string of the molecule is C=Cc1ccc(NC(=S)NC2N=C(c3ccccc3)c3cc(Cl)ccc3N(C)C2=O)cc1. The summed E-state index contributed by atoms with van der Waals surface area (Å²) in [7, 11) is 1.72. The molecule has 2 N–H and O–H groups in total. The predicted octanol–water partition coefficient (Wildman–Crippen LogP) is 5.11. The largest absolute Gasteiger partial charge is 0.333 e. The number of aliphatic imine (C=N–C) groups is 1. The lowest BCUT2D eigenvalue weighted by Crippen LogP contribution is -2.47. The van der Waals surface area contributed by atoms with Gasteiger partial charge in [-0.3, -0.25) is 4.79 Å². The summed E-state index contributed by atoms with van der Waals surface area (Å²) in [6.07, 6.45) is 0.859. The van der Waals surface area contributed by atoms with Gasteiger partial charge in [0.15, 0.2) is 5.11 Å². The lowest BCUT2D eigenvalue weighted by molar-refractivity contribution is -0.119. The molecule has 1 aliphatic heterocycles. The first kappa shape index (κ1) is 21.7. The summed E-state index contributed by atoms with van der Waals surface area (Å²) in [6.45, 7) is 3.75. The van der Waals surface area contributed by atoms with Crippen molar-refractivity contribution >= 4 is 58.0 Å². The number of nitrogens with zero attached hydrogens (tertiary/aromatic N) is 2. The van der Waals surface area contributed by atoms with Crippen molar-refractivity contribution in [2.75, 3.05) is 17.3 Å². The zero-order valence-corrected chi connectivity index (χ0v) is 19.0. The summed E-state index contributed by atoms with van der Waals surface area (Å²) in [5.74, 6) is -0.231. The summed E-state index contributed by atoms with van der Waals surface area (Å²) in [4.78, 5) is 19.6. The highest BCUT2D eigenvalue weighted by molar-refractivity contribution is 7.80. The van der Waals surface area contributed by atoms with Crippen LogP contribution in [0.3, 0.4) is 0 Å². The number of likely N-dealkylation sites (N-methyl/N-ethyl adjacent to an activating group) is 1. The van der Waals surface area contributed by atoms with E-state index in [1.54, 1.807) is 24.1 Å². The van der Waals surface area contributed by atoms with Crippen LogP contribution in [0.25, 0.3) is 6.08 Å². The Kier molecular flexibility index (Phi) is 6.35. The fraction of sp³-hybridized carbons (Fsp3) is 0.0800.